The van der Waals surface area contributed by atoms with E-state index in [0.717, 1.165) is 16.0 Å². The van der Waals surface area contributed by atoms with Crippen molar-refractivity contribution in [3.63, 3.8) is 0 Å². The molecule has 3 aliphatic rings. The summed E-state index contributed by atoms with van der Waals surface area (Å²) >= 11 is 0. The van der Waals surface area contributed by atoms with Gasteiger partial charge in [0.25, 0.3) is 5.91 Å². The van der Waals surface area contributed by atoms with E-state index in [1.165, 1.54) is 11.9 Å². The fourth-order valence-electron chi connectivity index (χ4n) is 4.26. The fraction of sp³-hybridized carbons (Fsp3) is 0.500. The Morgan fingerprint density at radius 2 is 2.07 bits per heavy atom. The molecule has 0 aromatic heterocycles. The van der Waals surface area contributed by atoms with Gasteiger partial charge in [-0.25, -0.2) is 13.2 Å². The van der Waals surface area contributed by atoms with Crippen LogP contribution in [0.3, 0.4) is 0 Å². The molecule has 9 heteroatoms. The number of aryl methyl sites for hydroxylation is 1. The van der Waals surface area contributed by atoms with E-state index in [1.54, 1.807) is 0 Å². The molecule has 0 radical (unpaired) electrons. The molecule has 1 aromatic rings. The summed E-state index contributed by atoms with van der Waals surface area (Å²) in [6, 6.07) is 6.49. The van der Waals surface area contributed by atoms with Crippen molar-refractivity contribution in [2.24, 2.45) is 0 Å². The van der Waals surface area contributed by atoms with Crippen LogP contribution in [-0.2, 0) is 31.4 Å². The van der Waals surface area contributed by atoms with Crippen molar-refractivity contribution in [1.82, 2.24) is 15.1 Å². The van der Waals surface area contributed by atoms with Crippen LogP contribution in [0.4, 0.5) is 4.79 Å². The van der Waals surface area contributed by atoms with E-state index in [1.807, 2.05) is 24.3 Å². The maximum Gasteiger partial charge on any atom is 0.325 e. The van der Waals surface area contributed by atoms with E-state index in [9.17, 15) is 22.8 Å². The van der Waals surface area contributed by atoms with Crippen LogP contribution >= 0.6 is 0 Å². The largest absolute Gasteiger partial charge is 0.340 e. The molecule has 2 saturated heterocycles. The third-order valence-corrected chi connectivity index (χ3v) is 7.62. The number of fused-ring (bicyclic) bond motifs is 2. The molecule has 2 aliphatic heterocycles. The molecule has 1 aliphatic carbocycles. The predicted octanol–water partition coefficient (Wildman–Crippen LogP) is 0.0254. The van der Waals surface area contributed by atoms with E-state index in [4.69, 9.17) is 0 Å². The maximum atomic E-state index is 13.1. The first-order valence-electron chi connectivity index (χ1n) is 8.92. The molecule has 0 saturated carbocycles. The zero-order valence-corrected chi connectivity index (χ0v) is 15.8. The molecule has 8 nitrogen and oxygen atoms in total. The molecule has 1 spiro atoms. The molecule has 144 valence electrons. The van der Waals surface area contributed by atoms with Gasteiger partial charge in [-0.3, -0.25) is 14.5 Å². The summed E-state index contributed by atoms with van der Waals surface area (Å²) in [4.78, 5) is 40.4. The number of nitrogens with one attached hydrogen (secondary N) is 1. The highest BCUT2D eigenvalue weighted by molar-refractivity contribution is 7.91. The van der Waals surface area contributed by atoms with Crippen molar-refractivity contribution < 1.29 is 22.8 Å². The molecule has 4 rings (SSSR count). The summed E-state index contributed by atoms with van der Waals surface area (Å²) in [5.41, 5.74) is 0.713. The predicted molar refractivity (Wildman–Crippen MR) is 96.5 cm³/mol. The van der Waals surface area contributed by atoms with Gasteiger partial charge in [0.1, 0.15) is 12.1 Å². The Hall–Kier alpha value is -2.42. The van der Waals surface area contributed by atoms with Crippen LogP contribution in [0.5, 0.6) is 0 Å². The number of carbonyl (C=O) groups excluding carboxylic acids is 3. The number of likely N-dealkylation sites (N-methyl/N-ethyl adjacent to an activating group) is 1. The number of carbonyl (C=O) groups is 3. The molecule has 4 amide bonds. The highest BCUT2D eigenvalue weighted by Crippen LogP contribution is 2.41. The average Bonchev–Trinajstić information content (AvgIpc) is 3.26. The molecule has 27 heavy (non-hydrogen) atoms. The number of hydrogen-bond acceptors (Lipinski definition) is 5. The number of benzene rings is 1. The Balaban J connectivity index is 1.51. The topological polar surface area (TPSA) is 104 Å². The van der Waals surface area contributed by atoms with Crippen LogP contribution in [0.2, 0.25) is 0 Å². The van der Waals surface area contributed by atoms with Crippen LogP contribution in [0, 0.1) is 0 Å². The van der Waals surface area contributed by atoms with Crippen LogP contribution in [-0.4, -0.2) is 67.2 Å². The molecule has 2 fully saturated rings. The van der Waals surface area contributed by atoms with Gasteiger partial charge in [-0.05, 0) is 30.4 Å². The van der Waals surface area contributed by atoms with E-state index >= 15 is 0 Å². The maximum absolute atomic E-state index is 13.1. The minimum Gasteiger partial charge on any atom is -0.340 e. The smallest absolute Gasteiger partial charge is 0.325 e. The van der Waals surface area contributed by atoms with Gasteiger partial charge >= 0.3 is 6.03 Å². The summed E-state index contributed by atoms with van der Waals surface area (Å²) in [5, 5.41) is 2.78. The molecule has 0 bridgehead atoms. The van der Waals surface area contributed by atoms with Crippen molar-refractivity contribution in [3.05, 3.63) is 35.4 Å². The SMILES string of the molecule is CN(C(=O)CN1C(=O)N[C@]2(CCc3ccccc32)C1=O)[C@@H]1CCS(=O)(=O)C1. The lowest BCUT2D eigenvalue weighted by atomic mass is 9.92. The van der Waals surface area contributed by atoms with Crippen molar-refractivity contribution in [2.75, 3.05) is 25.1 Å². The third-order valence-electron chi connectivity index (χ3n) is 5.87. The highest BCUT2D eigenvalue weighted by atomic mass is 32.2. The van der Waals surface area contributed by atoms with E-state index < -0.39 is 39.3 Å². The summed E-state index contributed by atoms with van der Waals surface area (Å²) < 4.78 is 23.3. The zero-order chi connectivity index (χ0) is 19.4. The van der Waals surface area contributed by atoms with Crippen molar-refractivity contribution in [1.29, 1.82) is 0 Å². The van der Waals surface area contributed by atoms with Crippen LogP contribution < -0.4 is 5.32 Å². The molecule has 1 N–H and O–H groups in total. The average molecular weight is 391 g/mol. The van der Waals surface area contributed by atoms with Crippen molar-refractivity contribution >= 4 is 27.7 Å². The number of imide groups is 1. The minimum atomic E-state index is -3.13. The summed E-state index contributed by atoms with van der Waals surface area (Å²) in [5.74, 6) is -0.882. The van der Waals surface area contributed by atoms with Crippen molar-refractivity contribution in [2.45, 2.75) is 30.8 Å². The minimum absolute atomic E-state index is 0.0539. The lowest BCUT2D eigenvalue weighted by Crippen LogP contribution is -2.46. The lowest BCUT2D eigenvalue weighted by Gasteiger charge is -2.26. The molecule has 0 unspecified atom stereocenters. The Labute approximate surface area is 157 Å². The Kier molecular flexibility index (Phi) is 4.03. The molecule has 2 atom stereocenters. The van der Waals surface area contributed by atoms with Gasteiger partial charge in [-0.2, -0.15) is 0 Å². The third kappa shape index (κ3) is 2.80. The Bertz CT molecular complexity index is 944. The number of hydrogen-bond donors (Lipinski definition) is 1. The van der Waals surface area contributed by atoms with E-state index in [2.05, 4.69) is 5.32 Å². The van der Waals surface area contributed by atoms with Crippen molar-refractivity contribution in [3.8, 4) is 0 Å². The monoisotopic (exact) mass is 391 g/mol. The van der Waals surface area contributed by atoms with Gasteiger partial charge in [-0.1, -0.05) is 24.3 Å². The Morgan fingerprint density at radius 3 is 2.78 bits per heavy atom. The Morgan fingerprint density at radius 1 is 1.33 bits per heavy atom. The van der Waals surface area contributed by atoms with Crippen LogP contribution in [0.25, 0.3) is 0 Å². The summed E-state index contributed by atoms with van der Waals surface area (Å²) in [6.07, 6.45) is 1.53. The van der Waals surface area contributed by atoms with Crippen LogP contribution in [0.1, 0.15) is 24.0 Å². The molecule has 2 heterocycles. The molecule has 1 aromatic carbocycles. The summed E-state index contributed by atoms with van der Waals surface area (Å²) in [7, 11) is -1.61. The fourth-order valence-corrected chi connectivity index (χ4v) is 6.04. The van der Waals surface area contributed by atoms with Gasteiger partial charge in [0.2, 0.25) is 5.91 Å². The standard InChI is InChI=1S/C18H21N3O5S/c1-20(13-7-9-27(25,26)11-13)15(22)10-21-16(23)18(19-17(21)24)8-6-12-4-2-3-5-14(12)18/h2-5,13H,6-11H2,1H3,(H,19,24)/t13-,18+/m1/s1. The zero-order valence-electron chi connectivity index (χ0n) is 15.0. The second-order valence-corrected chi connectivity index (χ2v) is 9.67. The number of rotatable bonds is 3. The van der Waals surface area contributed by atoms with Gasteiger partial charge in [0.05, 0.1) is 11.5 Å². The summed E-state index contributed by atoms with van der Waals surface area (Å²) in [6.45, 7) is -0.387. The second kappa shape index (κ2) is 6.05. The number of urea groups is 1. The number of amides is 4. The van der Waals surface area contributed by atoms with Crippen LogP contribution in [0.15, 0.2) is 24.3 Å². The van der Waals surface area contributed by atoms with Gasteiger partial charge in [-0.15, -0.1) is 0 Å². The first-order chi connectivity index (χ1) is 12.7. The molecular formula is C18H21N3O5S. The lowest BCUT2D eigenvalue weighted by molar-refractivity contribution is -0.139. The first kappa shape index (κ1) is 18.0. The van der Waals surface area contributed by atoms with Gasteiger partial charge < -0.3 is 10.2 Å². The second-order valence-electron chi connectivity index (χ2n) is 7.45. The van der Waals surface area contributed by atoms with E-state index in [0.29, 0.717) is 19.3 Å². The van der Waals surface area contributed by atoms with Gasteiger partial charge in [0.15, 0.2) is 9.84 Å². The normalized spacial score (nSPS) is 28.5. The number of nitrogens with zero attached hydrogens (tertiary/aromatic N) is 2. The van der Waals surface area contributed by atoms with Gasteiger partial charge in [0, 0.05) is 13.1 Å². The highest BCUT2D eigenvalue weighted by Gasteiger charge is 2.55. The van der Waals surface area contributed by atoms with E-state index in [-0.39, 0.29) is 18.1 Å². The number of sulfone groups is 1. The molecular weight excluding hydrogens is 370 g/mol. The quantitative estimate of drug-likeness (QED) is 0.732. The first-order valence-corrected chi connectivity index (χ1v) is 10.7.